The van der Waals surface area contributed by atoms with E-state index in [9.17, 15) is 10.2 Å². The van der Waals surface area contributed by atoms with Crippen molar-refractivity contribution in [3.8, 4) is 5.75 Å². The van der Waals surface area contributed by atoms with Crippen LogP contribution in [-0.4, -0.2) is 51.1 Å². The first-order chi connectivity index (χ1) is 13.9. The predicted molar refractivity (Wildman–Crippen MR) is 125 cm³/mol. The minimum Gasteiger partial charge on any atom is -0.497 e. The smallest absolute Gasteiger partial charge is 0.191 e. The molecule has 0 saturated carbocycles. The van der Waals surface area contributed by atoms with Crippen LogP contribution in [0.5, 0.6) is 5.75 Å². The maximum Gasteiger partial charge on any atom is 0.191 e. The fourth-order valence-corrected chi connectivity index (χ4v) is 4.19. The molecular formula is C24H44O5Si. The van der Waals surface area contributed by atoms with Crippen LogP contribution in [0.4, 0.5) is 0 Å². The highest BCUT2D eigenvalue weighted by molar-refractivity contribution is 6.74. The zero-order chi connectivity index (χ0) is 22.9. The number of rotatable bonds is 13. The number of aliphatic hydroxyl groups is 2. The summed E-state index contributed by atoms with van der Waals surface area (Å²) in [5.74, 6) is 0.549. The zero-order valence-electron chi connectivity index (χ0n) is 20.3. The Morgan fingerprint density at radius 1 is 1.07 bits per heavy atom. The molecule has 0 radical (unpaired) electrons. The van der Waals surface area contributed by atoms with Crippen LogP contribution in [-0.2, 0) is 15.8 Å². The van der Waals surface area contributed by atoms with Crippen LogP contribution in [0.1, 0.15) is 53.0 Å². The van der Waals surface area contributed by atoms with Crippen LogP contribution < -0.4 is 4.74 Å². The summed E-state index contributed by atoms with van der Waals surface area (Å²) in [6.07, 6.45) is 0.960. The summed E-state index contributed by atoms with van der Waals surface area (Å²) in [5.41, 5.74) is 1.07. The molecule has 0 unspecified atom stereocenters. The molecule has 174 valence electrons. The normalized spacial score (nSPS) is 16.7. The standard InChI is InChI=1S/C24H44O5Si/c1-18(16-25)23(26)19(2)22(10-9-15-29-30(7,8)24(3,4)5)28-17-20-11-13-21(27-6)14-12-20/h11-14,18-19,22-23,25-26H,9-10,15-17H2,1-8H3/t18-,19-,22+,23-/m0/s1. The molecule has 0 heterocycles. The van der Waals surface area contributed by atoms with Gasteiger partial charge in [-0.2, -0.15) is 0 Å². The summed E-state index contributed by atoms with van der Waals surface area (Å²) in [4.78, 5) is 0. The van der Waals surface area contributed by atoms with E-state index in [0.717, 1.165) is 24.2 Å². The number of ether oxygens (including phenoxy) is 2. The number of aliphatic hydroxyl groups excluding tert-OH is 2. The molecule has 6 heteroatoms. The monoisotopic (exact) mass is 440 g/mol. The highest BCUT2D eigenvalue weighted by atomic mass is 28.4. The topological polar surface area (TPSA) is 68.2 Å². The van der Waals surface area contributed by atoms with Crippen LogP contribution in [0.3, 0.4) is 0 Å². The second-order valence-corrected chi connectivity index (χ2v) is 14.8. The lowest BCUT2D eigenvalue weighted by atomic mass is 9.88. The fourth-order valence-electron chi connectivity index (χ4n) is 3.10. The van der Waals surface area contributed by atoms with Gasteiger partial charge >= 0.3 is 0 Å². The third kappa shape index (κ3) is 8.31. The van der Waals surface area contributed by atoms with Gasteiger partial charge in [0, 0.05) is 25.0 Å². The molecular weight excluding hydrogens is 396 g/mol. The van der Waals surface area contributed by atoms with E-state index in [-0.39, 0.29) is 29.6 Å². The third-order valence-corrected chi connectivity index (χ3v) is 11.1. The Balaban J connectivity index is 2.72. The van der Waals surface area contributed by atoms with Crippen molar-refractivity contribution in [1.29, 1.82) is 0 Å². The van der Waals surface area contributed by atoms with Crippen LogP contribution in [0.15, 0.2) is 24.3 Å². The van der Waals surface area contributed by atoms with E-state index in [0.29, 0.717) is 13.2 Å². The van der Waals surface area contributed by atoms with Crippen molar-refractivity contribution < 1.29 is 24.1 Å². The molecule has 0 aliphatic heterocycles. The average molecular weight is 441 g/mol. The van der Waals surface area contributed by atoms with Crippen molar-refractivity contribution in [1.82, 2.24) is 0 Å². The summed E-state index contributed by atoms with van der Waals surface area (Å²) < 4.78 is 17.8. The minimum atomic E-state index is -1.76. The first-order valence-electron chi connectivity index (χ1n) is 11.1. The Bertz CT molecular complexity index is 597. The number of hydrogen-bond acceptors (Lipinski definition) is 5. The third-order valence-electron chi connectivity index (χ3n) is 6.52. The van der Waals surface area contributed by atoms with Crippen molar-refractivity contribution in [2.75, 3.05) is 20.3 Å². The summed E-state index contributed by atoms with van der Waals surface area (Å²) in [7, 11) is -0.113. The predicted octanol–water partition coefficient (Wildman–Crippen LogP) is 5.01. The van der Waals surface area contributed by atoms with Crippen LogP contribution in [0.2, 0.25) is 18.1 Å². The SMILES string of the molecule is COc1ccc(CO[C@H](CCCO[Si](C)(C)C(C)(C)C)[C@H](C)[C@@H](O)[C@@H](C)CO)cc1. The summed E-state index contributed by atoms with van der Waals surface area (Å²) in [6, 6.07) is 7.83. The molecule has 0 saturated heterocycles. The van der Waals surface area contributed by atoms with Gasteiger partial charge in [0.2, 0.25) is 0 Å². The lowest BCUT2D eigenvalue weighted by molar-refractivity contribution is -0.0643. The lowest BCUT2D eigenvalue weighted by Crippen LogP contribution is -2.41. The van der Waals surface area contributed by atoms with E-state index in [1.165, 1.54) is 0 Å². The van der Waals surface area contributed by atoms with Gasteiger partial charge < -0.3 is 24.1 Å². The number of hydrogen-bond donors (Lipinski definition) is 2. The minimum absolute atomic E-state index is 0.0365. The Morgan fingerprint density at radius 3 is 2.17 bits per heavy atom. The van der Waals surface area contributed by atoms with Gasteiger partial charge in [-0.05, 0) is 48.7 Å². The molecule has 0 aromatic heterocycles. The van der Waals surface area contributed by atoms with Gasteiger partial charge in [-0.3, -0.25) is 0 Å². The number of benzene rings is 1. The molecule has 5 nitrogen and oxygen atoms in total. The summed E-state index contributed by atoms with van der Waals surface area (Å²) >= 11 is 0. The summed E-state index contributed by atoms with van der Waals surface area (Å²) in [6.45, 7) is 16.3. The fraction of sp³-hybridized carbons (Fsp3) is 0.750. The molecule has 1 rings (SSSR count). The molecule has 1 aromatic rings. The first-order valence-corrected chi connectivity index (χ1v) is 14.0. The quantitative estimate of drug-likeness (QED) is 0.333. The van der Waals surface area contributed by atoms with Crippen LogP contribution in [0.25, 0.3) is 0 Å². The average Bonchev–Trinajstić information content (AvgIpc) is 2.71. The Hall–Kier alpha value is -0.923. The van der Waals surface area contributed by atoms with Crippen molar-refractivity contribution in [2.45, 2.75) is 84.4 Å². The molecule has 0 aliphatic rings. The maximum absolute atomic E-state index is 10.6. The molecule has 4 atom stereocenters. The van der Waals surface area contributed by atoms with Crippen molar-refractivity contribution in [3.63, 3.8) is 0 Å². The highest BCUT2D eigenvalue weighted by Crippen LogP contribution is 2.36. The summed E-state index contributed by atoms with van der Waals surface area (Å²) in [5, 5.41) is 20.3. The van der Waals surface area contributed by atoms with Crippen LogP contribution >= 0.6 is 0 Å². The number of methoxy groups -OCH3 is 1. The Labute approximate surface area is 184 Å². The maximum atomic E-state index is 10.6. The molecule has 0 fully saturated rings. The van der Waals surface area contributed by atoms with Crippen molar-refractivity contribution in [3.05, 3.63) is 29.8 Å². The lowest BCUT2D eigenvalue weighted by Gasteiger charge is -2.36. The Kier molecular flexibility index (Phi) is 11.0. The first kappa shape index (κ1) is 27.1. The van der Waals surface area contributed by atoms with Gasteiger partial charge in [-0.15, -0.1) is 0 Å². The second-order valence-electron chi connectivity index (χ2n) is 9.96. The van der Waals surface area contributed by atoms with E-state index >= 15 is 0 Å². The van der Waals surface area contributed by atoms with E-state index in [2.05, 4.69) is 33.9 Å². The second kappa shape index (κ2) is 12.2. The van der Waals surface area contributed by atoms with Gasteiger partial charge in [0.1, 0.15) is 5.75 Å². The highest BCUT2D eigenvalue weighted by Gasteiger charge is 2.37. The van der Waals surface area contributed by atoms with Gasteiger partial charge in [-0.1, -0.05) is 46.8 Å². The van der Waals surface area contributed by atoms with E-state index in [1.807, 2.05) is 38.1 Å². The van der Waals surface area contributed by atoms with Gasteiger partial charge in [0.15, 0.2) is 8.32 Å². The van der Waals surface area contributed by atoms with Gasteiger partial charge in [0.25, 0.3) is 0 Å². The molecule has 2 N–H and O–H groups in total. The van der Waals surface area contributed by atoms with E-state index < -0.39 is 14.4 Å². The molecule has 1 aromatic carbocycles. The van der Waals surface area contributed by atoms with Crippen molar-refractivity contribution >= 4 is 8.32 Å². The zero-order valence-corrected chi connectivity index (χ0v) is 21.3. The van der Waals surface area contributed by atoms with E-state index in [4.69, 9.17) is 13.9 Å². The molecule has 0 bridgehead atoms. The van der Waals surface area contributed by atoms with E-state index in [1.54, 1.807) is 7.11 Å². The molecule has 30 heavy (non-hydrogen) atoms. The largest absolute Gasteiger partial charge is 0.497 e. The van der Waals surface area contributed by atoms with Gasteiger partial charge in [-0.25, -0.2) is 0 Å². The molecule has 0 amide bonds. The van der Waals surface area contributed by atoms with Crippen LogP contribution in [0, 0.1) is 11.8 Å². The van der Waals surface area contributed by atoms with Gasteiger partial charge in [0.05, 0.1) is 25.9 Å². The van der Waals surface area contributed by atoms with Crippen molar-refractivity contribution in [2.24, 2.45) is 11.8 Å². The molecule has 0 spiro atoms. The Morgan fingerprint density at radius 2 is 1.67 bits per heavy atom. The molecule has 0 aliphatic carbocycles.